The Morgan fingerprint density at radius 2 is 1.88 bits per heavy atom. The second-order valence-corrected chi connectivity index (χ2v) is 5.53. The minimum atomic E-state index is 0.908. The van der Waals surface area contributed by atoms with Crippen LogP contribution < -0.4 is 5.32 Å². The summed E-state index contributed by atoms with van der Waals surface area (Å²) in [7, 11) is 0. The third-order valence-corrected chi connectivity index (χ3v) is 3.96. The fourth-order valence-corrected chi connectivity index (χ4v) is 2.89. The first kappa shape index (κ1) is 11.8. The molecule has 0 amide bonds. The minimum absolute atomic E-state index is 0.908. The Morgan fingerprint density at radius 1 is 1.19 bits per heavy atom. The van der Waals surface area contributed by atoms with Gasteiger partial charge in [-0.1, -0.05) is 25.0 Å². The molecular weight excluding hydrogens is 214 g/mol. The van der Waals surface area contributed by atoms with Crippen LogP contribution in [0.5, 0.6) is 0 Å². The lowest BCUT2D eigenvalue weighted by molar-refractivity contribution is 0.580. The summed E-state index contributed by atoms with van der Waals surface area (Å²) >= 11 is 1.87. The number of thioether (sulfide) groups is 1. The van der Waals surface area contributed by atoms with Gasteiger partial charge in [-0.05, 0) is 42.7 Å². The Balaban J connectivity index is 1.80. The van der Waals surface area contributed by atoms with E-state index in [0.717, 1.165) is 18.2 Å². The van der Waals surface area contributed by atoms with E-state index in [0.29, 0.717) is 0 Å². The van der Waals surface area contributed by atoms with E-state index in [-0.39, 0.29) is 0 Å². The largest absolute Gasteiger partial charge is 0.385 e. The molecule has 0 spiro atoms. The Labute approximate surface area is 103 Å². The number of rotatable bonds is 5. The Bertz CT molecular complexity index is 301. The van der Waals surface area contributed by atoms with Gasteiger partial charge in [0, 0.05) is 18.0 Å². The van der Waals surface area contributed by atoms with Gasteiger partial charge in [-0.25, -0.2) is 0 Å². The van der Waals surface area contributed by atoms with E-state index in [2.05, 4.69) is 35.8 Å². The fourth-order valence-electron chi connectivity index (χ4n) is 2.36. The van der Waals surface area contributed by atoms with Crippen molar-refractivity contribution in [1.29, 1.82) is 0 Å². The lowest BCUT2D eigenvalue weighted by atomic mass is 10.1. The van der Waals surface area contributed by atoms with Crippen LogP contribution in [0.25, 0.3) is 0 Å². The SMILES string of the molecule is CSCc1ccc(NCC2CCCC2)cc1. The maximum Gasteiger partial charge on any atom is 0.0340 e. The highest BCUT2D eigenvalue weighted by atomic mass is 32.2. The van der Waals surface area contributed by atoms with Crippen molar-refractivity contribution in [3.8, 4) is 0 Å². The lowest BCUT2D eigenvalue weighted by Crippen LogP contribution is -2.10. The van der Waals surface area contributed by atoms with Gasteiger partial charge in [0.15, 0.2) is 0 Å². The summed E-state index contributed by atoms with van der Waals surface area (Å²) in [6.07, 6.45) is 7.83. The van der Waals surface area contributed by atoms with Crippen LogP contribution >= 0.6 is 11.8 Å². The van der Waals surface area contributed by atoms with E-state index in [1.54, 1.807) is 0 Å². The zero-order valence-corrected chi connectivity index (χ0v) is 10.9. The Hall–Kier alpha value is -0.630. The molecule has 0 radical (unpaired) electrons. The molecule has 16 heavy (non-hydrogen) atoms. The molecule has 1 aromatic carbocycles. The zero-order chi connectivity index (χ0) is 11.2. The number of anilines is 1. The second kappa shape index (κ2) is 6.19. The van der Waals surface area contributed by atoms with Gasteiger partial charge >= 0.3 is 0 Å². The van der Waals surface area contributed by atoms with E-state index in [1.165, 1.54) is 36.9 Å². The summed E-state index contributed by atoms with van der Waals surface area (Å²) in [6.45, 7) is 1.15. The maximum atomic E-state index is 3.55. The predicted octanol–water partition coefficient (Wildman–Crippen LogP) is 4.15. The minimum Gasteiger partial charge on any atom is -0.385 e. The van der Waals surface area contributed by atoms with Crippen LogP contribution in [0.4, 0.5) is 5.69 Å². The first-order valence-electron chi connectivity index (χ1n) is 6.20. The van der Waals surface area contributed by atoms with Gasteiger partial charge in [-0.3, -0.25) is 0 Å². The fraction of sp³-hybridized carbons (Fsp3) is 0.571. The summed E-state index contributed by atoms with van der Waals surface area (Å²) in [4.78, 5) is 0. The van der Waals surface area contributed by atoms with Crippen LogP contribution in [0.3, 0.4) is 0 Å². The van der Waals surface area contributed by atoms with Crippen molar-refractivity contribution in [3.63, 3.8) is 0 Å². The number of nitrogens with one attached hydrogen (secondary N) is 1. The third kappa shape index (κ3) is 3.44. The van der Waals surface area contributed by atoms with Crippen molar-refractivity contribution >= 4 is 17.4 Å². The average Bonchev–Trinajstić information content (AvgIpc) is 2.82. The molecule has 0 aromatic heterocycles. The molecule has 1 aromatic rings. The highest BCUT2D eigenvalue weighted by molar-refractivity contribution is 7.97. The molecule has 2 rings (SSSR count). The van der Waals surface area contributed by atoms with Crippen molar-refractivity contribution in [1.82, 2.24) is 0 Å². The van der Waals surface area contributed by atoms with Crippen LogP contribution in [0.1, 0.15) is 31.2 Å². The quantitative estimate of drug-likeness (QED) is 0.822. The topological polar surface area (TPSA) is 12.0 Å². The molecule has 88 valence electrons. The first-order chi connectivity index (χ1) is 7.88. The summed E-state index contributed by atoms with van der Waals surface area (Å²) in [5.74, 6) is 2.02. The monoisotopic (exact) mass is 235 g/mol. The van der Waals surface area contributed by atoms with Gasteiger partial charge in [0.25, 0.3) is 0 Å². The molecule has 1 N–H and O–H groups in total. The molecule has 0 unspecified atom stereocenters. The van der Waals surface area contributed by atoms with Crippen molar-refractivity contribution < 1.29 is 0 Å². The van der Waals surface area contributed by atoms with E-state index < -0.39 is 0 Å². The van der Waals surface area contributed by atoms with Crippen molar-refractivity contribution in [2.24, 2.45) is 5.92 Å². The van der Waals surface area contributed by atoms with Crippen LogP contribution in [-0.2, 0) is 5.75 Å². The van der Waals surface area contributed by atoms with Crippen molar-refractivity contribution in [2.45, 2.75) is 31.4 Å². The molecule has 0 atom stereocenters. The van der Waals surface area contributed by atoms with Gasteiger partial charge in [0.05, 0.1) is 0 Å². The highest BCUT2D eigenvalue weighted by Crippen LogP contribution is 2.25. The third-order valence-electron chi connectivity index (χ3n) is 3.33. The van der Waals surface area contributed by atoms with Crippen LogP contribution in [0.15, 0.2) is 24.3 Å². The van der Waals surface area contributed by atoms with Crippen LogP contribution in [0.2, 0.25) is 0 Å². The van der Waals surface area contributed by atoms with E-state index in [4.69, 9.17) is 0 Å². The zero-order valence-electron chi connectivity index (χ0n) is 10.0. The van der Waals surface area contributed by atoms with Crippen molar-refractivity contribution in [3.05, 3.63) is 29.8 Å². The average molecular weight is 235 g/mol. The van der Waals surface area contributed by atoms with E-state index in [1.807, 2.05) is 11.8 Å². The summed E-state index contributed by atoms with van der Waals surface area (Å²) in [6, 6.07) is 8.88. The van der Waals surface area contributed by atoms with Gasteiger partial charge < -0.3 is 5.32 Å². The molecule has 1 saturated carbocycles. The van der Waals surface area contributed by atoms with E-state index >= 15 is 0 Å². The number of hydrogen-bond acceptors (Lipinski definition) is 2. The highest BCUT2D eigenvalue weighted by Gasteiger charge is 2.13. The summed E-state index contributed by atoms with van der Waals surface area (Å²) in [5, 5.41) is 3.55. The Morgan fingerprint density at radius 3 is 2.50 bits per heavy atom. The molecule has 1 aliphatic rings. The molecule has 0 saturated heterocycles. The standard InChI is InChI=1S/C14H21NS/c1-16-11-13-6-8-14(9-7-13)15-10-12-4-2-3-5-12/h6-9,12,15H,2-5,10-11H2,1H3. The predicted molar refractivity (Wildman–Crippen MR) is 74.1 cm³/mol. The van der Waals surface area contributed by atoms with Gasteiger partial charge in [0.2, 0.25) is 0 Å². The molecule has 2 heteroatoms. The van der Waals surface area contributed by atoms with Crippen LogP contribution in [0, 0.1) is 5.92 Å². The molecule has 1 aliphatic carbocycles. The van der Waals surface area contributed by atoms with E-state index in [9.17, 15) is 0 Å². The molecule has 0 bridgehead atoms. The molecule has 0 heterocycles. The lowest BCUT2D eigenvalue weighted by Gasteiger charge is -2.12. The molecule has 0 aliphatic heterocycles. The summed E-state index contributed by atoms with van der Waals surface area (Å²) in [5.41, 5.74) is 2.69. The van der Waals surface area contributed by atoms with Gasteiger partial charge in [-0.2, -0.15) is 11.8 Å². The van der Waals surface area contributed by atoms with Gasteiger partial charge in [0.1, 0.15) is 0 Å². The second-order valence-electron chi connectivity index (χ2n) is 4.66. The number of hydrogen-bond donors (Lipinski definition) is 1. The summed E-state index contributed by atoms with van der Waals surface area (Å²) < 4.78 is 0. The Kier molecular flexibility index (Phi) is 4.58. The molecule has 1 nitrogen and oxygen atoms in total. The van der Waals surface area contributed by atoms with Crippen LogP contribution in [-0.4, -0.2) is 12.8 Å². The number of benzene rings is 1. The normalized spacial score (nSPS) is 16.6. The smallest absolute Gasteiger partial charge is 0.0340 e. The van der Waals surface area contributed by atoms with Crippen molar-refractivity contribution in [2.75, 3.05) is 18.1 Å². The molecular formula is C14H21NS. The molecule has 1 fully saturated rings. The van der Waals surface area contributed by atoms with Gasteiger partial charge in [-0.15, -0.1) is 0 Å². The first-order valence-corrected chi connectivity index (χ1v) is 7.59. The maximum absolute atomic E-state index is 3.55.